The minimum absolute atomic E-state index is 0.0175. The molecule has 3 rings (SSSR count). The van der Waals surface area contributed by atoms with Gasteiger partial charge in [-0.3, -0.25) is 33.6 Å². The van der Waals surface area contributed by atoms with Gasteiger partial charge >= 0.3 is 0 Å². The average Bonchev–Trinajstić information content (AvgIpc) is 3.70. The van der Waals surface area contributed by atoms with Crippen molar-refractivity contribution in [2.24, 2.45) is 16.9 Å². The van der Waals surface area contributed by atoms with Crippen LogP contribution < -0.4 is 38.1 Å². The van der Waals surface area contributed by atoms with E-state index in [1.54, 1.807) is 16.8 Å². The second-order valence-corrected chi connectivity index (χ2v) is 17.2. The number of ether oxygens (including phenoxy) is 3. The maximum absolute atomic E-state index is 15.3. The minimum atomic E-state index is -1.66. The molecule has 0 spiro atoms. The van der Waals surface area contributed by atoms with Gasteiger partial charge in [0.25, 0.3) is 0 Å². The average molecular weight is 972 g/mol. The van der Waals surface area contributed by atoms with E-state index in [4.69, 9.17) is 25.7 Å². The lowest BCUT2D eigenvalue weighted by Gasteiger charge is -2.41. The van der Waals surface area contributed by atoms with Crippen molar-refractivity contribution in [2.45, 2.75) is 84.2 Å². The largest absolute Gasteiger partial charge is 0.387 e. The molecule has 0 bridgehead atoms. The Morgan fingerprint density at radius 1 is 0.812 bits per heavy atom. The van der Waals surface area contributed by atoms with Crippen LogP contribution >= 0.6 is 0 Å². The molecular weight excluding hydrogens is 905 g/mol. The molecule has 22 heteroatoms. The lowest BCUT2D eigenvalue weighted by molar-refractivity contribution is -0.140. The summed E-state index contributed by atoms with van der Waals surface area (Å²) in [6, 6.07) is 7.56. The van der Waals surface area contributed by atoms with Crippen LogP contribution in [0, 0.1) is 17.0 Å². The second-order valence-electron chi connectivity index (χ2n) is 17.2. The van der Waals surface area contributed by atoms with Gasteiger partial charge in [0.2, 0.25) is 41.4 Å². The number of rotatable bonds is 29. The summed E-state index contributed by atoms with van der Waals surface area (Å²) in [6.45, 7) is 7.90. The Bertz CT molecular complexity index is 2190. The third-order valence-corrected chi connectivity index (χ3v) is 10.6. The Labute approximate surface area is 400 Å². The van der Waals surface area contributed by atoms with E-state index in [0.717, 1.165) is 23.8 Å². The number of aliphatic hydroxyl groups is 1. The molecule has 0 radical (unpaired) electrons. The summed E-state index contributed by atoms with van der Waals surface area (Å²) in [5.74, 6) is -7.17. The summed E-state index contributed by atoms with van der Waals surface area (Å²) in [7, 11) is 1.53. The van der Waals surface area contributed by atoms with Crippen LogP contribution in [0.4, 0.5) is 8.78 Å². The molecule has 0 fully saturated rings. The van der Waals surface area contributed by atoms with Crippen LogP contribution in [0.25, 0.3) is 11.1 Å². The topological polar surface area (TPSA) is 288 Å². The highest BCUT2D eigenvalue weighted by Crippen LogP contribution is 2.41. The van der Waals surface area contributed by atoms with E-state index in [0.29, 0.717) is 24.5 Å². The number of primary amides is 1. The van der Waals surface area contributed by atoms with Gasteiger partial charge in [-0.25, -0.2) is 8.78 Å². The third-order valence-electron chi connectivity index (χ3n) is 10.6. The monoisotopic (exact) mass is 971 g/mol. The normalized spacial score (nSPS) is 13.5. The number of aromatic nitrogens is 1. The lowest BCUT2D eigenvalue weighted by Crippen LogP contribution is -2.58. The molecule has 0 aliphatic carbocycles. The fraction of sp³-hybridized carbons (Fsp3) is 0.511. The van der Waals surface area contributed by atoms with Crippen LogP contribution in [-0.2, 0) is 54.3 Å². The van der Waals surface area contributed by atoms with Crippen LogP contribution in [0.3, 0.4) is 0 Å². The number of carbonyl (C=O) groups excluding carboxylic acids is 7. The van der Waals surface area contributed by atoms with Crippen molar-refractivity contribution < 1.29 is 61.7 Å². The number of amides is 7. The molecule has 0 aliphatic heterocycles. The minimum Gasteiger partial charge on any atom is -0.387 e. The third kappa shape index (κ3) is 18.6. The molecule has 2 aromatic carbocycles. The zero-order valence-electron chi connectivity index (χ0n) is 40.0. The van der Waals surface area contributed by atoms with Crippen LogP contribution in [0.5, 0.6) is 0 Å². The highest BCUT2D eigenvalue weighted by molar-refractivity contribution is 5.97. The van der Waals surface area contributed by atoms with Gasteiger partial charge in [0.1, 0.15) is 49.0 Å². The summed E-state index contributed by atoms with van der Waals surface area (Å²) in [4.78, 5) is 93.6. The van der Waals surface area contributed by atoms with E-state index < -0.39 is 102 Å². The fourth-order valence-electron chi connectivity index (χ4n) is 7.22. The molecule has 69 heavy (non-hydrogen) atoms. The van der Waals surface area contributed by atoms with Gasteiger partial charge in [0.15, 0.2) is 0 Å². The van der Waals surface area contributed by atoms with E-state index in [1.807, 2.05) is 51.1 Å². The first-order chi connectivity index (χ1) is 32.7. The number of aliphatic hydroxyl groups excluding tert-OH is 1. The first-order valence-electron chi connectivity index (χ1n) is 22.4. The zero-order valence-corrected chi connectivity index (χ0v) is 40.0. The van der Waals surface area contributed by atoms with E-state index >= 15 is 4.39 Å². The SMILES string of the molecule is COCCOCCOCC(=O)NC(C)C(=O)NC(C)C(=O)NC(CC(N)=O)C(=O)NC(CCN(C(=O)CO)C(c1cc(-c2cc(F)ccc2F)cn1Cc1ccccc1)C(C)(C)C)C(=O)NCCN. The van der Waals surface area contributed by atoms with Crippen molar-refractivity contribution in [1.82, 2.24) is 36.1 Å². The smallest absolute Gasteiger partial charge is 0.248 e. The van der Waals surface area contributed by atoms with Gasteiger partial charge in [-0.2, -0.15) is 0 Å². The quantitative estimate of drug-likeness (QED) is 0.0439. The predicted molar refractivity (Wildman–Crippen MR) is 249 cm³/mol. The first-order valence-corrected chi connectivity index (χ1v) is 22.4. The number of nitrogens with zero attached hydrogens (tertiary/aromatic N) is 2. The molecule has 10 N–H and O–H groups in total. The number of hydrogen-bond acceptors (Lipinski definition) is 12. The van der Waals surface area contributed by atoms with Crippen LogP contribution in [-0.4, -0.2) is 146 Å². The molecule has 5 unspecified atom stereocenters. The Balaban J connectivity index is 1.87. The molecule has 1 aromatic heterocycles. The maximum Gasteiger partial charge on any atom is 0.248 e. The van der Waals surface area contributed by atoms with Gasteiger partial charge in [0, 0.05) is 56.3 Å². The lowest BCUT2D eigenvalue weighted by atomic mass is 9.82. The highest BCUT2D eigenvalue weighted by atomic mass is 19.1. The summed E-state index contributed by atoms with van der Waals surface area (Å²) in [5.41, 5.74) is 11.9. The van der Waals surface area contributed by atoms with Crippen molar-refractivity contribution in [3.05, 3.63) is 83.7 Å². The molecular formula is C47H67F2N9O11. The summed E-state index contributed by atoms with van der Waals surface area (Å²) in [5, 5.41) is 22.7. The maximum atomic E-state index is 15.3. The van der Waals surface area contributed by atoms with Crippen molar-refractivity contribution in [3.63, 3.8) is 0 Å². The molecule has 7 amide bonds. The molecule has 1 heterocycles. The second kappa shape index (κ2) is 28.2. The van der Waals surface area contributed by atoms with E-state index in [9.17, 15) is 43.1 Å². The number of carbonyl (C=O) groups is 7. The molecule has 380 valence electrons. The van der Waals surface area contributed by atoms with Gasteiger partial charge in [0.05, 0.1) is 38.9 Å². The van der Waals surface area contributed by atoms with E-state index in [2.05, 4.69) is 26.6 Å². The van der Waals surface area contributed by atoms with E-state index in [-0.39, 0.29) is 58.0 Å². The Morgan fingerprint density at radius 2 is 1.45 bits per heavy atom. The van der Waals surface area contributed by atoms with Gasteiger partial charge in [-0.1, -0.05) is 51.1 Å². The number of halogens is 2. The Hall–Kier alpha value is -6.33. The number of methoxy groups -OCH3 is 1. The summed E-state index contributed by atoms with van der Waals surface area (Å²) < 4.78 is 46.9. The first kappa shape index (κ1) is 57.0. The number of benzene rings is 2. The summed E-state index contributed by atoms with van der Waals surface area (Å²) in [6.07, 6.45) is 0.627. The Kier molecular flexibility index (Phi) is 23.3. The predicted octanol–water partition coefficient (Wildman–Crippen LogP) is 0.389. The molecule has 0 aliphatic rings. The fourth-order valence-corrected chi connectivity index (χ4v) is 7.22. The number of hydrogen-bond donors (Lipinski definition) is 8. The van der Waals surface area contributed by atoms with Gasteiger partial charge in [-0.05, 0) is 55.5 Å². The van der Waals surface area contributed by atoms with Crippen molar-refractivity contribution in [2.75, 3.05) is 66.4 Å². The van der Waals surface area contributed by atoms with Crippen molar-refractivity contribution in [3.8, 4) is 11.1 Å². The van der Waals surface area contributed by atoms with Crippen LogP contribution in [0.1, 0.15) is 64.8 Å². The molecule has 20 nitrogen and oxygen atoms in total. The van der Waals surface area contributed by atoms with E-state index in [1.165, 1.54) is 25.9 Å². The Morgan fingerprint density at radius 3 is 2.09 bits per heavy atom. The number of nitrogens with two attached hydrogens (primary N) is 2. The number of nitrogens with one attached hydrogen (secondary N) is 5. The van der Waals surface area contributed by atoms with Crippen molar-refractivity contribution in [1.29, 1.82) is 0 Å². The molecule has 0 saturated carbocycles. The molecule has 0 saturated heterocycles. The van der Waals surface area contributed by atoms with Crippen LogP contribution in [0.15, 0.2) is 60.8 Å². The highest BCUT2D eigenvalue weighted by Gasteiger charge is 2.38. The standard InChI is InChI=1S/C47H67F2N9O11/c1-29(53-40(61)28-69-21-20-68-19-18-67-6)43(63)54-30(2)44(64)56-37(24-39(51)60)46(66)55-36(45(65)52-16-15-50)14-17-58(41(62)27-59)42(47(3,4)5)38-22-32(34-23-33(48)12-13-35(34)49)26-57(38)25-31-10-8-7-9-11-31/h7-13,22-23,26,29-30,36-37,42,59H,14-21,24-25,27-28,50H2,1-6H3,(H2,51,60)(H,52,65)(H,53,61)(H,54,63)(H,55,66)(H,56,64). The molecule has 5 atom stereocenters. The van der Waals surface area contributed by atoms with Gasteiger partial charge in [-0.15, -0.1) is 0 Å². The van der Waals surface area contributed by atoms with Crippen LogP contribution in [0.2, 0.25) is 0 Å². The molecule has 3 aromatic rings. The summed E-state index contributed by atoms with van der Waals surface area (Å²) >= 11 is 0. The van der Waals surface area contributed by atoms with Gasteiger partial charge < -0.3 is 66.8 Å². The zero-order chi connectivity index (χ0) is 51.3. The van der Waals surface area contributed by atoms with Crippen molar-refractivity contribution >= 4 is 41.4 Å².